The molecule has 2 aromatic carbocycles. The number of ether oxygens (including phenoxy) is 1. The van der Waals surface area contributed by atoms with E-state index in [1.807, 2.05) is 30.3 Å². The summed E-state index contributed by atoms with van der Waals surface area (Å²) >= 11 is 0. The minimum Gasteiger partial charge on any atom is -0.486 e. The van der Waals surface area contributed by atoms with Gasteiger partial charge in [-0.1, -0.05) is 6.07 Å². The van der Waals surface area contributed by atoms with Crippen molar-refractivity contribution in [2.24, 2.45) is 5.10 Å². The van der Waals surface area contributed by atoms with Gasteiger partial charge in [0, 0.05) is 35.9 Å². The molecule has 1 fully saturated rings. The van der Waals surface area contributed by atoms with E-state index in [2.05, 4.69) is 65.0 Å². The predicted octanol–water partition coefficient (Wildman–Crippen LogP) is 5.94. The third kappa shape index (κ3) is 5.61. The molecule has 4 aromatic rings. The molecule has 0 bridgehead atoms. The lowest BCUT2D eigenvalue weighted by atomic mass is 10.1. The molecule has 1 aliphatic heterocycles. The third-order valence-corrected chi connectivity index (χ3v) is 6.68. The number of hydrogen-bond acceptors (Lipinski definition) is 5. The van der Waals surface area contributed by atoms with E-state index in [0.717, 1.165) is 30.1 Å². The number of hydrogen-bond donors (Lipinski definition) is 1. The van der Waals surface area contributed by atoms with Gasteiger partial charge >= 0.3 is 5.91 Å². The Morgan fingerprint density at radius 2 is 1.70 bits per heavy atom. The van der Waals surface area contributed by atoms with Crippen LogP contribution in [-0.4, -0.2) is 29.8 Å². The normalized spacial score (nSPS) is 13.4. The van der Waals surface area contributed by atoms with Gasteiger partial charge in [0.25, 0.3) is 0 Å². The van der Waals surface area contributed by atoms with Crippen molar-refractivity contribution in [2.75, 3.05) is 18.0 Å². The number of carbonyl (C=O) groups is 1. The van der Waals surface area contributed by atoms with Gasteiger partial charge in [0.15, 0.2) is 5.76 Å². The lowest BCUT2D eigenvalue weighted by molar-refractivity contribution is 0.0923. The average molecular weight is 497 g/mol. The van der Waals surface area contributed by atoms with Gasteiger partial charge in [0.2, 0.25) is 0 Å². The first-order valence-electron chi connectivity index (χ1n) is 12.6. The first-order chi connectivity index (χ1) is 18.0. The third-order valence-electron chi connectivity index (χ3n) is 6.68. The molecule has 3 heterocycles. The summed E-state index contributed by atoms with van der Waals surface area (Å²) in [6.45, 7) is 8.72. The Bertz CT molecular complexity index is 1390. The van der Waals surface area contributed by atoms with Crippen molar-refractivity contribution in [3.63, 3.8) is 0 Å². The minimum absolute atomic E-state index is 0.185. The topological polar surface area (TPSA) is 72.0 Å². The maximum absolute atomic E-state index is 12.5. The molecule has 0 unspecified atom stereocenters. The van der Waals surface area contributed by atoms with Crippen LogP contribution in [0.25, 0.3) is 5.69 Å². The highest BCUT2D eigenvalue weighted by Gasteiger charge is 2.14. The molecule has 0 aliphatic carbocycles. The lowest BCUT2D eigenvalue weighted by Crippen LogP contribution is -2.18. The number of nitrogens with zero attached hydrogens (tertiary/aromatic N) is 3. The molecule has 5 rings (SSSR count). The first-order valence-corrected chi connectivity index (χ1v) is 12.6. The number of benzene rings is 2. The standard InChI is InChI=1S/C30H32N4O3/c1-21-18-24(8-14-28(21)33-16-4-5-17-33)19-31-32-30(35)29-15-13-27(37-29)20-36-26-11-9-25(10-12-26)34-22(2)6-7-23(34)3/h6-15,18-19H,4-5,16-17,20H2,1-3H3,(H,32,35)/b31-19+. The summed E-state index contributed by atoms with van der Waals surface area (Å²) in [6.07, 6.45) is 4.14. The van der Waals surface area contributed by atoms with Crippen molar-refractivity contribution in [3.8, 4) is 11.4 Å². The molecule has 1 saturated heterocycles. The van der Waals surface area contributed by atoms with Crippen LogP contribution in [0.4, 0.5) is 5.69 Å². The molecule has 1 amide bonds. The second-order valence-electron chi connectivity index (χ2n) is 9.44. The lowest BCUT2D eigenvalue weighted by Gasteiger charge is -2.20. The van der Waals surface area contributed by atoms with Crippen molar-refractivity contribution >= 4 is 17.8 Å². The Morgan fingerprint density at radius 1 is 0.973 bits per heavy atom. The van der Waals surface area contributed by atoms with Crippen molar-refractivity contribution in [3.05, 3.63) is 101 Å². The van der Waals surface area contributed by atoms with Crippen LogP contribution in [0.3, 0.4) is 0 Å². The van der Waals surface area contributed by atoms with Crippen molar-refractivity contribution in [2.45, 2.75) is 40.2 Å². The highest BCUT2D eigenvalue weighted by atomic mass is 16.5. The van der Waals surface area contributed by atoms with Crippen LogP contribution >= 0.6 is 0 Å². The number of aromatic nitrogens is 1. The molecular formula is C30H32N4O3. The molecule has 37 heavy (non-hydrogen) atoms. The number of nitrogens with one attached hydrogen (secondary N) is 1. The molecule has 7 nitrogen and oxygen atoms in total. The maximum atomic E-state index is 12.5. The fraction of sp³-hybridized carbons (Fsp3) is 0.267. The Morgan fingerprint density at radius 3 is 2.41 bits per heavy atom. The van der Waals surface area contributed by atoms with Crippen LogP contribution in [-0.2, 0) is 6.61 Å². The van der Waals surface area contributed by atoms with Gasteiger partial charge in [0.1, 0.15) is 18.1 Å². The molecule has 0 spiro atoms. The highest BCUT2D eigenvalue weighted by molar-refractivity contribution is 5.92. The smallest absolute Gasteiger partial charge is 0.307 e. The van der Waals surface area contributed by atoms with Crippen LogP contribution in [0, 0.1) is 20.8 Å². The second-order valence-corrected chi connectivity index (χ2v) is 9.44. The van der Waals surface area contributed by atoms with E-state index in [-0.39, 0.29) is 12.4 Å². The molecular weight excluding hydrogens is 464 g/mol. The fourth-order valence-electron chi connectivity index (χ4n) is 4.79. The number of anilines is 1. The fourth-order valence-corrected chi connectivity index (χ4v) is 4.79. The van der Waals surface area contributed by atoms with Crippen LogP contribution < -0.4 is 15.1 Å². The number of hydrazone groups is 1. The van der Waals surface area contributed by atoms with E-state index >= 15 is 0 Å². The van der Waals surface area contributed by atoms with Crippen LogP contribution in [0.5, 0.6) is 5.75 Å². The van der Waals surface area contributed by atoms with Gasteiger partial charge in [0.05, 0.1) is 6.21 Å². The molecule has 1 N–H and O–H groups in total. The summed E-state index contributed by atoms with van der Waals surface area (Å²) in [5.74, 6) is 1.06. The number of amides is 1. The maximum Gasteiger partial charge on any atom is 0.307 e. The van der Waals surface area contributed by atoms with E-state index in [1.165, 1.54) is 35.5 Å². The zero-order valence-corrected chi connectivity index (χ0v) is 21.5. The van der Waals surface area contributed by atoms with Crippen molar-refractivity contribution < 1.29 is 13.9 Å². The van der Waals surface area contributed by atoms with Crippen LogP contribution in [0.1, 0.15) is 51.7 Å². The van der Waals surface area contributed by atoms with E-state index < -0.39 is 5.91 Å². The summed E-state index contributed by atoms with van der Waals surface area (Å²) in [5, 5.41) is 4.10. The van der Waals surface area contributed by atoms with E-state index in [0.29, 0.717) is 5.76 Å². The molecule has 0 atom stereocenters. The van der Waals surface area contributed by atoms with Gasteiger partial charge in [-0.3, -0.25) is 4.79 Å². The Balaban J connectivity index is 1.13. The SMILES string of the molecule is Cc1cc(/C=N/NC(=O)c2ccc(COc3ccc(-n4c(C)ccc4C)cc3)o2)ccc1N1CCCC1. The molecule has 0 radical (unpaired) electrons. The highest BCUT2D eigenvalue weighted by Crippen LogP contribution is 2.25. The van der Waals surface area contributed by atoms with Gasteiger partial charge in [-0.15, -0.1) is 0 Å². The van der Waals surface area contributed by atoms with E-state index in [4.69, 9.17) is 9.15 Å². The van der Waals surface area contributed by atoms with Gasteiger partial charge in [-0.25, -0.2) is 5.43 Å². The van der Waals surface area contributed by atoms with Crippen LogP contribution in [0.2, 0.25) is 0 Å². The predicted molar refractivity (Wildman–Crippen MR) is 146 cm³/mol. The average Bonchev–Trinajstić information content (AvgIpc) is 3.66. The molecule has 2 aromatic heterocycles. The number of rotatable bonds is 8. The molecule has 190 valence electrons. The van der Waals surface area contributed by atoms with Crippen molar-refractivity contribution in [1.82, 2.24) is 9.99 Å². The second kappa shape index (κ2) is 10.8. The number of carbonyl (C=O) groups excluding carboxylic acids is 1. The zero-order valence-electron chi connectivity index (χ0n) is 21.5. The monoisotopic (exact) mass is 496 g/mol. The van der Waals surface area contributed by atoms with Gasteiger partial charge in [-0.2, -0.15) is 5.10 Å². The van der Waals surface area contributed by atoms with Crippen molar-refractivity contribution in [1.29, 1.82) is 0 Å². The Kier molecular flexibility index (Phi) is 7.12. The minimum atomic E-state index is -0.408. The largest absolute Gasteiger partial charge is 0.486 e. The zero-order chi connectivity index (χ0) is 25.8. The number of furan rings is 1. The van der Waals surface area contributed by atoms with Crippen LogP contribution in [0.15, 0.2) is 76.2 Å². The number of aryl methyl sites for hydroxylation is 3. The Hall–Kier alpha value is -4.26. The molecule has 7 heteroatoms. The quantitative estimate of drug-likeness (QED) is 0.242. The molecule has 0 saturated carbocycles. The summed E-state index contributed by atoms with van der Waals surface area (Å²) in [4.78, 5) is 14.9. The summed E-state index contributed by atoms with van der Waals surface area (Å²) in [5.41, 5.74) is 9.40. The molecule has 1 aliphatic rings. The van der Waals surface area contributed by atoms with E-state index in [9.17, 15) is 4.79 Å². The Labute approximate surface area is 217 Å². The summed E-state index contributed by atoms with van der Waals surface area (Å²) in [7, 11) is 0. The van der Waals surface area contributed by atoms with Gasteiger partial charge < -0.3 is 18.6 Å². The summed E-state index contributed by atoms with van der Waals surface area (Å²) < 4.78 is 13.7. The van der Waals surface area contributed by atoms with E-state index in [1.54, 1.807) is 18.3 Å². The summed E-state index contributed by atoms with van der Waals surface area (Å²) in [6, 6.07) is 21.7. The first kappa shape index (κ1) is 24.4. The van der Waals surface area contributed by atoms with Gasteiger partial charge in [-0.05, 0) is 105 Å².